The molecule has 0 aliphatic carbocycles. The average Bonchev–Trinajstić information content (AvgIpc) is 2.38. The van der Waals surface area contributed by atoms with Crippen LogP contribution in [0, 0.1) is 6.92 Å². The zero-order valence-corrected chi connectivity index (χ0v) is 12.8. The Balaban J connectivity index is 2.15. The van der Waals surface area contributed by atoms with Crippen molar-refractivity contribution in [2.24, 2.45) is 0 Å². The fraction of sp³-hybridized carbons (Fsp3) is 0.250. The summed E-state index contributed by atoms with van der Waals surface area (Å²) in [6, 6.07) is 14.5. The van der Waals surface area contributed by atoms with Gasteiger partial charge in [0.2, 0.25) is 0 Å². The van der Waals surface area contributed by atoms with Crippen molar-refractivity contribution in [3.8, 4) is 0 Å². The van der Waals surface area contributed by atoms with Gasteiger partial charge in [0.1, 0.15) is 0 Å². The Morgan fingerprint density at radius 2 is 1.95 bits per heavy atom. The van der Waals surface area contributed by atoms with Gasteiger partial charge in [0, 0.05) is 23.8 Å². The van der Waals surface area contributed by atoms with E-state index in [-0.39, 0.29) is 6.61 Å². The van der Waals surface area contributed by atoms with Crippen molar-refractivity contribution in [1.29, 1.82) is 0 Å². The molecule has 0 unspecified atom stereocenters. The van der Waals surface area contributed by atoms with Gasteiger partial charge in [0.25, 0.3) is 0 Å². The van der Waals surface area contributed by atoms with E-state index in [0.717, 1.165) is 27.8 Å². The fourth-order valence-corrected chi connectivity index (χ4v) is 2.54. The number of nitrogens with zero attached hydrogens (tertiary/aromatic N) is 1. The smallest absolute Gasteiger partial charge is 0.0684 e. The third-order valence-electron chi connectivity index (χ3n) is 3.25. The van der Waals surface area contributed by atoms with Crippen molar-refractivity contribution in [1.82, 2.24) is 0 Å². The molecule has 19 heavy (non-hydrogen) atoms. The maximum absolute atomic E-state index is 9.19. The third-order valence-corrected chi connectivity index (χ3v) is 3.74. The van der Waals surface area contributed by atoms with Crippen LogP contribution in [0.3, 0.4) is 0 Å². The Morgan fingerprint density at radius 1 is 1.16 bits per heavy atom. The molecule has 0 saturated carbocycles. The molecule has 2 rings (SSSR count). The molecular weight excluding hydrogens is 302 g/mol. The summed E-state index contributed by atoms with van der Waals surface area (Å²) in [5.74, 6) is 0. The van der Waals surface area contributed by atoms with Crippen molar-refractivity contribution >= 4 is 21.6 Å². The first kappa shape index (κ1) is 14.1. The predicted molar refractivity (Wildman–Crippen MR) is 83.4 cm³/mol. The summed E-state index contributed by atoms with van der Waals surface area (Å²) < 4.78 is 1.10. The Labute approximate surface area is 122 Å². The van der Waals surface area contributed by atoms with Gasteiger partial charge in [-0.15, -0.1) is 0 Å². The highest BCUT2D eigenvalue weighted by Crippen LogP contribution is 2.21. The first-order chi connectivity index (χ1) is 9.10. The number of hydrogen-bond donors (Lipinski definition) is 1. The molecule has 3 heteroatoms. The Morgan fingerprint density at radius 3 is 2.58 bits per heavy atom. The molecule has 0 aromatic heterocycles. The van der Waals surface area contributed by atoms with E-state index in [1.54, 1.807) is 0 Å². The molecule has 0 spiro atoms. The van der Waals surface area contributed by atoms with Gasteiger partial charge in [-0.05, 0) is 47.9 Å². The zero-order chi connectivity index (χ0) is 13.8. The van der Waals surface area contributed by atoms with Crippen LogP contribution < -0.4 is 4.90 Å². The van der Waals surface area contributed by atoms with Crippen molar-refractivity contribution < 1.29 is 5.11 Å². The fourth-order valence-electron chi connectivity index (χ4n) is 2.10. The normalized spacial score (nSPS) is 10.5. The first-order valence-corrected chi connectivity index (χ1v) is 7.05. The summed E-state index contributed by atoms with van der Waals surface area (Å²) in [5.41, 5.74) is 4.54. The van der Waals surface area contributed by atoms with Gasteiger partial charge >= 0.3 is 0 Å². The number of aliphatic hydroxyl groups is 1. The molecule has 1 N–H and O–H groups in total. The summed E-state index contributed by atoms with van der Waals surface area (Å²) >= 11 is 3.49. The first-order valence-electron chi connectivity index (χ1n) is 6.26. The standard InChI is InChI=1S/C16H18BrNO/c1-12-8-16(7-6-14(12)11-19)18(2)10-13-4-3-5-15(17)9-13/h3-9,19H,10-11H2,1-2H3. The van der Waals surface area contributed by atoms with E-state index in [1.165, 1.54) is 5.56 Å². The van der Waals surface area contributed by atoms with Crippen LogP contribution in [0.2, 0.25) is 0 Å². The molecular formula is C16H18BrNO. The average molecular weight is 320 g/mol. The molecule has 0 bridgehead atoms. The van der Waals surface area contributed by atoms with Crippen LogP contribution >= 0.6 is 15.9 Å². The number of aliphatic hydroxyl groups excluding tert-OH is 1. The Hall–Kier alpha value is -1.32. The van der Waals surface area contributed by atoms with E-state index in [1.807, 2.05) is 25.1 Å². The van der Waals surface area contributed by atoms with Crippen LogP contribution in [0.5, 0.6) is 0 Å². The molecule has 2 aromatic carbocycles. The SMILES string of the molecule is Cc1cc(N(C)Cc2cccc(Br)c2)ccc1CO. The van der Waals surface area contributed by atoms with Gasteiger partial charge < -0.3 is 10.0 Å². The highest BCUT2D eigenvalue weighted by Gasteiger charge is 2.05. The largest absolute Gasteiger partial charge is 0.392 e. The van der Waals surface area contributed by atoms with Gasteiger partial charge in [-0.2, -0.15) is 0 Å². The number of halogens is 1. The summed E-state index contributed by atoms with van der Waals surface area (Å²) in [4.78, 5) is 2.20. The van der Waals surface area contributed by atoms with Gasteiger partial charge in [-0.3, -0.25) is 0 Å². The van der Waals surface area contributed by atoms with Crippen molar-refractivity contribution in [2.75, 3.05) is 11.9 Å². The number of anilines is 1. The van der Waals surface area contributed by atoms with Gasteiger partial charge in [0.15, 0.2) is 0 Å². The van der Waals surface area contributed by atoms with Crippen LogP contribution in [-0.4, -0.2) is 12.2 Å². The van der Waals surface area contributed by atoms with Crippen molar-refractivity contribution in [2.45, 2.75) is 20.1 Å². The number of hydrogen-bond acceptors (Lipinski definition) is 2. The summed E-state index contributed by atoms with van der Waals surface area (Å²) in [6.07, 6.45) is 0. The molecule has 0 aliphatic rings. The lowest BCUT2D eigenvalue weighted by atomic mass is 10.1. The van der Waals surface area contributed by atoms with Crippen molar-refractivity contribution in [3.05, 3.63) is 63.6 Å². The lowest BCUT2D eigenvalue weighted by Crippen LogP contribution is -2.16. The predicted octanol–water partition coefficient (Wildman–Crippen LogP) is 3.89. The Bertz CT molecular complexity index is 568. The van der Waals surface area contributed by atoms with Crippen LogP contribution in [0.15, 0.2) is 46.9 Å². The highest BCUT2D eigenvalue weighted by molar-refractivity contribution is 9.10. The molecule has 2 aromatic rings. The molecule has 0 fully saturated rings. The number of rotatable bonds is 4. The molecule has 0 saturated heterocycles. The van der Waals surface area contributed by atoms with Gasteiger partial charge in [-0.1, -0.05) is 34.1 Å². The molecule has 0 amide bonds. The highest BCUT2D eigenvalue weighted by atomic mass is 79.9. The Kier molecular flexibility index (Phi) is 4.61. The molecule has 2 nitrogen and oxygen atoms in total. The summed E-state index contributed by atoms with van der Waals surface area (Å²) in [5, 5.41) is 9.19. The monoisotopic (exact) mass is 319 g/mol. The van der Waals surface area contributed by atoms with Crippen LogP contribution in [-0.2, 0) is 13.2 Å². The maximum atomic E-state index is 9.19. The molecule has 0 heterocycles. The minimum atomic E-state index is 0.0987. The lowest BCUT2D eigenvalue weighted by Gasteiger charge is -2.20. The molecule has 0 radical (unpaired) electrons. The second-order valence-electron chi connectivity index (χ2n) is 4.75. The number of aryl methyl sites for hydroxylation is 1. The maximum Gasteiger partial charge on any atom is 0.0684 e. The molecule has 100 valence electrons. The van der Waals surface area contributed by atoms with Gasteiger partial charge in [0.05, 0.1) is 6.61 Å². The van der Waals surface area contributed by atoms with Gasteiger partial charge in [-0.25, -0.2) is 0 Å². The van der Waals surface area contributed by atoms with Crippen LogP contribution in [0.4, 0.5) is 5.69 Å². The zero-order valence-electron chi connectivity index (χ0n) is 11.2. The van der Waals surface area contributed by atoms with E-state index < -0.39 is 0 Å². The topological polar surface area (TPSA) is 23.5 Å². The summed E-state index contributed by atoms with van der Waals surface area (Å²) in [6.45, 7) is 2.99. The van der Waals surface area contributed by atoms with E-state index in [0.29, 0.717) is 0 Å². The summed E-state index contributed by atoms with van der Waals surface area (Å²) in [7, 11) is 2.08. The third kappa shape index (κ3) is 3.58. The quantitative estimate of drug-likeness (QED) is 0.924. The second-order valence-corrected chi connectivity index (χ2v) is 5.67. The van der Waals surface area contributed by atoms with Crippen molar-refractivity contribution in [3.63, 3.8) is 0 Å². The van der Waals surface area contributed by atoms with E-state index in [2.05, 4.69) is 52.1 Å². The second kappa shape index (κ2) is 6.22. The number of benzene rings is 2. The van der Waals surface area contributed by atoms with Crippen LogP contribution in [0.25, 0.3) is 0 Å². The van der Waals surface area contributed by atoms with Crippen LogP contribution in [0.1, 0.15) is 16.7 Å². The minimum absolute atomic E-state index is 0.0987. The molecule has 0 aliphatic heterocycles. The van der Waals surface area contributed by atoms with E-state index in [4.69, 9.17) is 0 Å². The van der Waals surface area contributed by atoms with E-state index in [9.17, 15) is 5.11 Å². The van der Waals surface area contributed by atoms with E-state index >= 15 is 0 Å². The lowest BCUT2D eigenvalue weighted by molar-refractivity contribution is 0.281. The molecule has 0 atom stereocenters. The minimum Gasteiger partial charge on any atom is -0.392 e.